The van der Waals surface area contributed by atoms with E-state index in [9.17, 15) is 4.79 Å². The fourth-order valence-corrected chi connectivity index (χ4v) is 3.54. The first-order valence-electron chi connectivity index (χ1n) is 11.9. The van der Waals surface area contributed by atoms with Crippen molar-refractivity contribution in [1.29, 1.82) is 0 Å². The van der Waals surface area contributed by atoms with Crippen LogP contribution in [-0.4, -0.2) is 12.6 Å². The van der Waals surface area contributed by atoms with E-state index in [2.05, 4.69) is 20.8 Å². The first kappa shape index (κ1) is 25.5. The largest absolute Gasteiger partial charge is 0.465 e. The number of unbranched alkanes of at least 4 members (excludes halogenated alkanes) is 12. The molecule has 0 aliphatic carbocycles. The number of esters is 1. The van der Waals surface area contributed by atoms with Gasteiger partial charge in [0, 0.05) is 6.42 Å². The fraction of sp³-hybridized carbons (Fsp3) is 0.958. The van der Waals surface area contributed by atoms with Crippen molar-refractivity contribution < 1.29 is 9.53 Å². The van der Waals surface area contributed by atoms with E-state index in [-0.39, 0.29) is 5.97 Å². The summed E-state index contributed by atoms with van der Waals surface area (Å²) in [7, 11) is 0. The first-order chi connectivity index (χ1) is 12.7. The van der Waals surface area contributed by atoms with Gasteiger partial charge in [0.1, 0.15) is 0 Å². The van der Waals surface area contributed by atoms with Crippen LogP contribution in [0.3, 0.4) is 0 Å². The Kier molecular flexibility index (Phi) is 20.4. The molecule has 0 radical (unpaired) electrons. The summed E-state index contributed by atoms with van der Waals surface area (Å²) < 4.78 is 5.62. The highest BCUT2D eigenvalue weighted by atomic mass is 16.5. The molecular formula is C24H48O2. The lowest BCUT2D eigenvalue weighted by atomic mass is 9.95. The minimum Gasteiger partial charge on any atom is -0.465 e. The van der Waals surface area contributed by atoms with Gasteiger partial charge in [0.15, 0.2) is 0 Å². The maximum Gasteiger partial charge on any atom is 0.305 e. The van der Waals surface area contributed by atoms with Gasteiger partial charge in [-0.15, -0.1) is 0 Å². The third-order valence-electron chi connectivity index (χ3n) is 5.40. The molecule has 0 aromatic heterocycles. The van der Waals surface area contributed by atoms with Gasteiger partial charge in [0.05, 0.1) is 6.61 Å². The van der Waals surface area contributed by atoms with Gasteiger partial charge in [-0.1, -0.05) is 111 Å². The highest BCUT2D eigenvalue weighted by Crippen LogP contribution is 2.19. The number of carbonyl (C=O) groups is 1. The van der Waals surface area contributed by atoms with Crippen LogP contribution in [0.15, 0.2) is 0 Å². The van der Waals surface area contributed by atoms with Crippen LogP contribution in [0.25, 0.3) is 0 Å². The molecule has 0 amide bonds. The van der Waals surface area contributed by atoms with E-state index < -0.39 is 0 Å². The van der Waals surface area contributed by atoms with E-state index in [1.807, 2.05) is 0 Å². The van der Waals surface area contributed by atoms with Gasteiger partial charge in [0.25, 0.3) is 0 Å². The van der Waals surface area contributed by atoms with Crippen LogP contribution >= 0.6 is 0 Å². The Balaban J connectivity index is 3.82. The molecular weight excluding hydrogens is 320 g/mol. The third kappa shape index (κ3) is 18.3. The molecule has 0 aliphatic rings. The second-order valence-corrected chi connectivity index (χ2v) is 8.12. The lowest BCUT2D eigenvalue weighted by Crippen LogP contribution is -2.14. The minimum atomic E-state index is 0.0330. The van der Waals surface area contributed by atoms with E-state index in [0.29, 0.717) is 18.9 Å². The maximum atomic E-state index is 12.0. The van der Waals surface area contributed by atoms with E-state index in [0.717, 1.165) is 6.42 Å². The Morgan fingerprint density at radius 3 is 1.54 bits per heavy atom. The molecule has 0 aromatic carbocycles. The second kappa shape index (κ2) is 20.8. The van der Waals surface area contributed by atoms with Crippen molar-refractivity contribution in [2.75, 3.05) is 6.61 Å². The molecule has 26 heavy (non-hydrogen) atoms. The zero-order valence-electron chi connectivity index (χ0n) is 18.3. The van der Waals surface area contributed by atoms with Crippen molar-refractivity contribution >= 4 is 5.97 Å². The van der Waals surface area contributed by atoms with Crippen LogP contribution in [0.5, 0.6) is 0 Å². The number of hydrogen-bond acceptors (Lipinski definition) is 2. The van der Waals surface area contributed by atoms with Gasteiger partial charge >= 0.3 is 5.97 Å². The average molecular weight is 369 g/mol. The molecule has 0 atom stereocenters. The number of hydrogen-bond donors (Lipinski definition) is 0. The summed E-state index contributed by atoms with van der Waals surface area (Å²) in [6, 6.07) is 0. The molecule has 0 heterocycles. The van der Waals surface area contributed by atoms with Crippen LogP contribution in [0.4, 0.5) is 0 Å². The van der Waals surface area contributed by atoms with Gasteiger partial charge in [-0.2, -0.15) is 0 Å². The maximum absolute atomic E-state index is 12.0. The average Bonchev–Trinajstić information content (AvgIpc) is 2.65. The Morgan fingerprint density at radius 2 is 1.04 bits per heavy atom. The predicted molar refractivity (Wildman–Crippen MR) is 115 cm³/mol. The third-order valence-corrected chi connectivity index (χ3v) is 5.40. The van der Waals surface area contributed by atoms with Gasteiger partial charge in [-0.05, 0) is 25.2 Å². The van der Waals surface area contributed by atoms with Gasteiger partial charge < -0.3 is 4.74 Å². The Hall–Kier alpha value is -0.530. The predicted octanol–water partition coefficient (Wildman–Crippen LogP) is 8.23. The first-order valence-corrected chi connectivity index (χ1v) is 11.9. The number of carbonyl (C=O) groups excluding carboxylic acids is 1. The van der Waals surface area contributed by atoms with E-state index >= 15 is 0 Å². The zero-order chi connectivity index (χ0) is 19.3. The molecule has 0 aromatic rings. The van der Waals surface area contributed by atoms with Gasteiger partial charge in [-0.3, -0.25) is 4.79 Å². The van der Waals surface area contributed by atoms with Crippen LogP contribution in [-0.2, 0) is 9.53 Å². The lowest BCUT2D eigenvalue weighted by molar-refractivity contribution is -0.145. The number of rotatable bonds is 20. The molecule has 0 N–H and O–H groups in total. The van der Waals surface area contributed by atoms with Crippen molar-refractivity contribution in [2.45, 2.75) is 136 Å². The highest BCUT2D eigenvalue weighted by Gasteiger charge is 2.12. The Bertz CT molecular complexity index is 276. The molecule has 0 rings (SSSR count). The lowest BCUT2D eigenvalue weighted by Gasteiger charge is -2.17. The Morgan fingerprint density at radius 1 is 0.615 bits per heavy atom. The summed E-state index contributed by atoms with van der Waals surface area (Å²) >= 11 is 0. The monoisotopic (exact) mass is 368 g/mol. The molecule has 0 saturated heterocycles. The van der Waals surface area contributed by atoms with Crippen molar-refractivity contribution in [3.63, 3.8) is 0 Å². The molecule has 0 fully saturated rings. The van der Waals surface area contributed by atoms with E-state index in [1.165, 1.54) is 103 Å². The second-order valence-electron chi connectivity index (χ2n) is 8.12. The quantitative estimate of drug-likeness (QED) is 0.160. The van der Waals surface area contributed by atoms with Crippen molar-refractivity contribution in [3.8, 4) is 0 Å². The molecule has 2 heteroatoms. The van der Waals surface area contributed by atoms with Crippen LogP contribution in [0, 0.1) is 5.92 Å². The molecule has 2 nitrogen and oxygen atoms in total. The standard InChI is InChI=1S/C24H48O2/c1-4-7-10-13-14-15-18-21-24(25)26-22-23(19-16-11-8-5-2)20-17-12-9-6-3/h23H,4-22H2,1-3H3. The molecule has 0 aliphatic heterocycles. The normalized spacial score (nSPS) is 11.2. The molecule has 0 bridgehead atoms. The van der Waals surface area contributed by atoms with Crippen LogP contribution in [0.1, 0.15) is 136 Å². The zero-order valence-corrected chi connectivity index (χ0v) is 18.3. The van der Waals surface area contributed by atoms with Crippen molar-refractivity contribution in [2.24, 2.45) is 5.92 Å². The molecule has 156 valence electrons. The fourth-order valence-electron chi connectivity index (χ4n) is 3.54. The number of ether oxygens (including phenoxy) is 1. The summed E-state index contributed by atoms with van der Waals surface area (Å²) in [5.74, 6) is 0.618. The van der Waals surface area contributed by atoms with Crippen molar-refractivity contribution in [1.82, 2.24) is 0 Å². The summed E-state index contributed by atoms with van der Waals surface area (Å²) in [5, 5.41) is 0. The van der Waals surface area contributed by atoms with Gasteiger partial charge in [-0.25, -0.2) is 0 Å². The smallest absolute Gasteiger partial charge is 0.305 e. The Labute approximate surface area is 164 Å². The summed E-state index contributed by atoms with van der Waals surface area (Å²) in [4.78, 5) is 12.0. The molecule has 0 unspecified atom stereocenters. The highest BCUT2D eigenvalue weighted by molar-refractivity contribution is 5.69. The SMILES string of the molecule is CCCCCCCCCC(=O)OCC(CCCCCC)CCCCCC. The van der Waals surface area contributed by atoms with Crippen LogP contribution in [0.2, 0.25) is 0 Å². The summed E-state index contributed by atoms with van der Waals surface area (Å²) in [6.07, 6.45) is 22.3. The van der Waals surface area contributed by atoms with E-state index in [4.69, 9.17) is 4.74 Å². The summed E-state index contributed by atoms with van der Waals surface area (Å²) in [6.45, 7) is 7.42. The molecule has 0 spiro atoms. The van der Waals surface area contributed by atoms with Gasteiger partial charge in [0.2, 0.25) is 0 Å². The van der Waals surface area contributed by atoms with E-state index in [1.54, 1.807) is 0 Å². The molecule has 0 saturated carbocycles. The van der Waals surface area contributed by atoms with Crippen molar-refractivity contribution in [3.05, 3.63) is 0 Å². The topological polar surface area (TPSA) is 26.3 Å². The van der Waals surface area contributed by atoms with Crippen LogP contribution < -0.4 is 0 Å². The summed E-state index contributed by atoms with van der Waals surface area (Å²) in [5.41, 5.74) is 0. The minimum absolute atomic E-state index is 0.0330.